The van der Waals surface area contributed by atoms with Crippen LogP contribution in [0.2, 0.25) is 0 Å². The van der Waals surface area contributed by atoms with Crippen LogP contribution in [0.4, 0.5) is 0 Å². The van der Waals surface area contributed by atoms with Crippen LogP contribution in [0.15, 0.2) is 52.1 Å². The lowest BCUT2D eigenvalue weighted by Crippen LogP contribution is -2.47. The van der Waals surface area contributed by atoms with Gasteiger partial charge in [0.15, 0.2) is 0 Å². The van der Waals surface area contributed by atoms with Crippen molar-refractivity contribution < 1.29 is 14.3 Å². The molecule has 1 saturated heterocycles. The van der Waals surface area contributed by atoms with Crippen molar-refractivity contribution >= 4 is 29.8 Å². The second kappa shape index (κ2) is 8.78. The number of fused-ring (bicyclic) bond motifs is 2. The molecule has 162 valence electrons. The van der Waals surface area contributed by atoms with Crippen LogP contribution in [0.1, 0.15) is 18.4 Å². The van der Waals surface area contributed by atoms with Crippen LogP contribution in [0, 0.1) is 5.92 Å². The van der Waals surface area contributed by atoms with Gasteiger partial charge in [-0.15, -0.1) is 11.8 Å². The van der Waals surface area contributed by atoms with Crippen LogP contribution in [0.5, 0.6) is 5.75 Å². The highest BCUT2D eigenvalue weighted by Crippen LogP contribution is 2.34. The fourth-order valence-electron chi connectivity index (χ4n) is 4.52. The van der Waals surface area contributed by atoms with Crippen molar-refractivity contribution in [2.45, 2.75) is 36.2 Å². The molecule has 1 aromatic carbocycles. The molecule has 2 N–H and O–H groups in total. The molecule has 0 spiro atoms. The number of hydrogen-bond acceptors (Lipinski definition) is 6. The van der Waals surface area contributed by atoms with E-state index in [9.17, 15) is 9.59 Å². The van der Waals surface area contributed by atoms with Crippen molar-refractivity contribution in [1.29, 1.82) is 0 Å². The van der Waals surface area contributed by atoms with Crippen LogP contribution < -0.4 is 15.4 Å². The van der Waals surface area contributed by atoms with Gasteiger partial charge in [-0.1, -0.05) is 12.1 Å². The molecule has 0 aliphatic carbocycles. The largest absolute Gasteiger partial charge is 0.492 e. The van der Waals surface area contributed by atoms with Crippen molar-refractivity contribution in [2.24, 2.45) is 10.9 Å². The first-order valence-electron chi connectivity index (χ1n) is 10.8. The molecule has 2 amide bonds. The van der Waals surface area contributed by atoms with Gasteiger partial charge in [0.05, 0.1) is 25.6 Å². The minimum atomic E-state index is -0.400. The summed E-state index contributed by atoms with van der Waals surface area (Å²) in [5.74, 6) is 1.95. The standard InChI is InChI=1S/C23H26N4O3S/c28-22(11-15-3-4-21-20(10-15)30-8-9-31-21)27-7-1-2-19(27)23(29)25-14-17-12-16-13-24-6-5-18(16)26-17/h3-6,10,12-13,16,18-19,26H,1-2,7-9,11,14H2,(H,25,29). The third-order valence-electron chi connectivity index (χ3n) is 6.09. The van der Waals surface area contributed by atoms with Gasteiger partial charge in [-0.25, -0.2) is 0 Å². The van der Waals surface area contributed by atoms with Gasteiger partial charge in [0, 0.05) is 41.2 Å². The molecule has 8 heteroatoms. The van der Waals surface area contributed by atoms with Gasteiger partial charge in [-0.05, 0) is 36.6 Å². The molecular weight excluding hydrogens is 412 g/mol. The van der Waals surface area contributed by atoms with E-state index in [4.69, 9.17) is 4.74 Å². The van der Waals surface area contributed by atoms with Crippen molar-refractivity contribution in [3.05, 3.63) is 47.8 Å². The Morgan fingerprint density at radius 3 is 3.19 bits per heavy atom. The first-order chi connectivity index (χ1) is 15.2. The smallest absolute Gasteiger partial charge is 0.243 e. The number of aliphatic imine (C=N–C) groups is 1. The van der Waals surface area contributed by atoms with E-state index >= 15 is 0 Å². The zero-order chi connectivity index (χ0) is 21.2. The topological polar surface area (TPSA) is 83.0 Å². The molecule has 0 aromatic heterocycles. The maximum absolute atomic E-state index is 13.0. The Balaban J connectivity index is 1.17. The molecule has 0 bridgehead atoms. The summed E-state index contributed by atoms with van der Waals surface area (Å²) in [6, 6.07) is 5.78. The number of nitrogens with one attached hydrogen (secondary N) is 2. The summed E-state index contributed by atoms with van der Waals surface area (Å²) in [5.41, 5.74) is 1.92. The summed E-state index contributed by atoms with van der Waals surface area (Å²) in [6.07, 6.45) is 9.67. The Labute approximate surface area is 186 Å². The van der Waals surface area contributed by atoms with Gasteiger partial charge in [-0.3, -0.25) is 14.6 Å². The summed E-state index contributed by atoms with van der Waals surface area (Å²) in [7, 11) is 0. The predicted octanol–water partition coefficient (Wildman–Crippen LogP) is 1.89. The predicted molar refractivity (Wildman–Crippen MR) is 120 cm³/mol. The zero-order valence-electron chi connectivity index (χ0n) is 17.3. The van der Waals surface area contributed by atoms with Crippen LogP contribution in [-0.2, 0) is 16.0 Å². The number of hydrogen-bond donors (Lipinski definition) is 2. The average Bonchev–Trinajstić information content (AvgIpc) is 3.44. The van der Waals surface area contributed by atoms with Gasteiger partial charge in [0.25, 0.3) is 0 Å². The summed E-state index contributed by atoms with van der Waals surface area (Å²) >= 11 is 1.77. The number of carbonyl (C=O) groups excluding carboxylic acids is 2. The summed E-state index contributed by atoms with van der Waals surface area (Å²) < 4.78 is 5.71. The molecule has 1 aromatic rings. The molecule has 4 aliphatic heterocycles. The Bertz CT molecular complexity index is 974. The van der Waals surface area contributed by atoms with Gasteiger partial charge in [0.1, 0.15) is 11.8 Å². The van der Waals surface area contributed by atoms with Crippen LogP contribution in [0.25, 0.3) is 0 Å². The number of ether oxygens (including phenoxy) is 1. The van der Waals surface area contributed by atoms with Crippen molar-refractivity contribution in [1.82, 2.24) is 15.5 Å². The molecule has 1 fully saturated rings. The highest BCUT2D eigenvalue weighted by molar-refractivity contribution is 7.99. The Kier molecular flexibility index (Phi) is 5.72. The third-order valence-corrected chi connectivity index (χ3v) is 7.11. The first kappa shape index (κ1) is 20.2. The summed E-state index contributed by atoms with van der Waals surface area (Å²) in [4.78, 5) is 32.9. The second-order valence-electron chi connectivity index (χ2n) is 8.20. The van der Waals surface area contributed by atoms with E-state index in [0.717, 1.165) is 34.1 Å². The number of benzene rings is 1. The van der Waals surface area contributed by atoms with E-state index in [0.29, 0.717) is 26.1 Å². The summed E-state index contributed by atoms with van der Waals surface area (Å²) in [6.45, 7) is 1.76. The maximum atomic E-state index is 13.0. The minimum Gasteiger partial charge on any atom is -0.492 e. The van der Waals surface area contributed by atoms with Crippen LogP contribution in [-0.4, -0.2) is 60.5 Å². The number of likely N-dealkylation sites (tertiary alicyclic amines) is 1. The first-order valence-corrected chi connectivity index (χ1v) is 11.8. The number of thioether (sulfide) groups is 1. The lowest BCUT2D eigenvalue weighted by atomic mass is 10.0. The Morgan fingerprint density at radius 1 is 1.35 bits per heavy atom. The van der Waals surface area contributed by atoms with E-state index in [-0.39, 0.29) is 30.2 Å². The van der Waals surface area contributed by atoms with E-state index in [1.165, 1.54) is 0 Å². The van der Waals surface area contributed by atoms with E-state index < -0.39 is 6.04 Å². The molecule has 4 heterocycles. The second-order valence-corrected chi connectivity index (χ2v) is 9.33. The molecule has 0 saturated carbocycles. The molecule has 5 rings (SSSR count). The monoisotopic (exact) mass is 438 g/mol. The lowest BCUT2D eigenvalue weighted by Gasteiger charge is -2.25. The number of rotatable bonds is 5. The number of amides is 2. The fraction of sp³-hybridized carbons (Fsp3) is 0.435. The molecule has 7 nitrogen and oxygen atoms in total. The quantitative estimate of drug-likeness (QED) is 0.734. The Hall–Kier alpha value is -2.74. The highest BCUT2D eigenvalue weighted by atomic mass is 32.2. The van der Waals surface area contributed by atoms with Crippen LogP contribution in [0.3, 0.4) is 0 Å². The van der Waals surface area contributed by atoms with Crippen molar-refractivity contribution in [3.63, 3.8) is 0 Å². The molecule has 31 heavy (non-hydrogen) atoms. The third kappa shape index (κ3) is 4.35. The van der Waals surface area contributed by atoms with E-state index in [2.05, 4.69) is 21.7 Å². The van der Waals surface area contributed by atoms with Crippen molar-refractivity contribution in [3.8, 4) is 5.75 Å². The van der Waals surface area contributed by atoms with E-state index in [1.54, 1.807) is 22.9 Å². The SMILES string of the molecule is O=C(NCC1=CC2C=NC=CC2N1)C1CCCN1C(=O)Cc1ccc2c(c1)OCCS2. The minimum absolute atomic E-state index is 0.00774. The maximum Gasteiger partial charge on any atom is 0.243 e. The fourth-order valence-corrected chi connectivity index (χ4v) is 5.33. The van der Waals surface area contributed by atoms with Gasteiger partial charge < -0.3 is 20.3 Å². The number of nitrogens with zero attached hydrogens (tertiary/aromatic N) is 2. The lowest BCUT2D eigenvalue weighted by molar-refractivity contribution is -0.137. The normalized spacial score (nSPS) is 25.9. The molecular formula is C23H26N4O3S. The van der Waals surface area contributed by atoms with Crippen molar-refractivity contribution in [2.75, 3.05) is 25.4 Å². The van der Waals surface area contributed by atoms with Gasteiger partial charge >= 0.3 is 0 Å². The van der Waals surface area contributed by atoms with Gasteiger partial charge in [-0.2, -0.15) is 0 Å². The average molecular weight is 439 g/mol. The molecule has 3 unspecified atom stereocenters. The molecule has 3 atom stereocenters. The zero-order valence-corrected chi connectivity index (χ0v) is 18.1. The number of carbonyl (C=O) groups is 2. The molecule has 4 aliphatic rings. The Morgan fingerprint density at radius 2 is 2.29 bits per heavy atom. The summed E-state index contributed by atoms with van der Waals surface area (Å²) in [5, 5.41) is 6.42. The highest BCUT2D eigenvalue weighted by Gasteiger charge is 2.34. The molecule has 0 radical (unpaired) electrons. The van der Waals surface area contributed by atoms with Gasteiger partial charge in [0.2, 0.25) is 11.8 Å². The van der Waals surface area contributed by atoms with E-state index in [1.807, 2.05) is 30.5 Å². The van der Waals surface area contributed by atoms with Crippen LogP contribution >= 0.6 is 11.8 Å².